The van der Waals surface area contributed by atoms with Gasteiger partial charge >= 0.3 is 5.92 Å². The fourth-order valence-electron chi connectivity index (χ4n) is 3.71. The number of nitrogens with zero attached hydrogens (tertiary/aromatic N) is 2. The number of hydrogen-bond acceptors (Lipinski definition) is 4. The number of benzene rings is 3. The maximum Gasteiger partial charge on any atom is 0.321 e. The Morgan fingerprint density at radius 2 is 1.80 bits per heavy atom. The molecule has 1 aromatic heterocycles. The van der Waals surface area contributed by atoms with Gasteiger partial charge in [-0.05, 0) is 67.1 Å². The van der Waals surface area contributed by atoms with Crippen LogP contribution >= 0.6 is 0 Å². The average Bonchev–Trinajstić information content (AvgIpc) is 3.25. The highest BCUT2D eigenvalue weighted by molar-refractivity contribution is 5.83. The lowest BCUT2D eigenvalue weighted by atomic mass is 10.0. The molecule has 0 aliphatic rings. The largest absolute Gasteiger partial charge is 0.497 e. The van der Waals surface area contributed by atoms with Crippen molar-refractivity contribution < 1.29 is 27.4 Å². The zero-order valence-electron chi connectivity index (χ0n) is 19.3. The second kappa shape index (κ2) is 9.69. The topological polar surface area (TPSA) is 65.4 Å². The van der Waals surface area contributed by atoms with Crippen LogP contribution in [0.5, 0.6) is 11.5 Å². The van der Waals surface area contributed by atoms with Crippen LogP contribution in [-0.2, 0) is 4.79 Å². The third-order valence-electron chi connectivity index (χ3n) is 5.51. The first-order valence-corrected chi connectivity index (χ1v) is 10.9. The lowest BCUT2D eigenvalue weighted by Crippen LogP contribution is -2.46. The molecule has 0 fully saturated rings. The maximum absolute atomic E-state index is 13.5. The van der Waals surface area contributed by atoms with Gasteiger partial charge in [-0.15, -0.1) is 0 Å². The number of ether oxygens (including phenoxy) is 2. The highest BCUT2D eigenvalue weighted by atomic mass is 19.3. The number of nitrogens with one attached hydrogen (secondary N) is 1. The first-order chi connectivity index (χ1) is 16.7. The van der Waals surface area contributed by atoms with Crippen molar-refractivity contribution in [1.29, 1.82) is 0 Å². The molecule has 4 rings (SSSR count). The van der Waals surface area contributed by atoms with E-state index in [1.54, 1.807) is 72.4 Å². The zero-order chi connectivity index (χ0) is 25.2. The van der Waals surface area contributed by atoms with E-state index in [2.05, 4.69) is 10.4 Å². The Morgan fingerprint density at radius 1 is 1.06 bits per heavy atom. The van der Waals surface area contributed by atoms with E-state index < -0.39 is 24.0 Å². The molecule has 0 aliphatic carbocycles. The molecule has 9 heteroatoms. The number of halogens is 3. The number of methoxy groups -OCH3 is 1. The summed E-state index contributed by atoms with van der Waals surface area (Å²) in [4.78, 5) is 11.9. The molecule has 35 heavy (non-hydrogen) atoms. The van der Waals surface area contributed by atoms with Crippen LogP contribution in [0.4, 0.5) is 13.2 Å². The van der Waals surface area contributed by atoms with Crippen molar-refractivity contribution in [3.8, 4) is 17.2 Å². The first-order valence-electron chi connectivity index (χ1n) is 10.9. The van der Waals surface area contributed by atoms with Crippen molar-refractivity contribution in [3.05, 3.63) is 84.3 Å². The van der Waals surface area contributed by atoms with Gasteiger partial charge in [0.25, 0.3) is 5.91 Å². The van der Waals surface area contributed by atoms with E-state index in [1.807, 2.05) is 0 Å². The fraction of sp³-hybridized carbons (Fsp3) is 0.231. The number of carbonyl (C=O) groups excluding carboxylic acids is 1. The molecule has 0 unspecified atom stereocenters. The van der Waals surface area contributed by atoms with Crippen molar-refractivity contribution in [3.63, 3.8) is 0 Å². The fourth-order valence-corrected chi connectivity index (χ4v) is 3.71. The second-order valence-corrected chi connectivity index (χ2v) is 8.22. The van der Waals surface area contributed by atoms with E-state index in [-0.39, 0.29) is 5.82 Å². The number of alkyl halides is 2. The molecular formula is C26H24F3N3O3. The van der Waals surface area contributed by atoms with Gasteiger partial charge < -0.3 is 14.8 Å². The Bertz CT molecular complexity index is 1330. The molecule has 0 radical (unpaired) electrons. The van der Waals surface area contributed by atoms with E-state index in [0.717, 1.165) is 10.9 Å². The van der Waals surface area contributed by atoms with Gasteiger partial charge in [0.2, 0.25) is 0 Å². The van der Waals surface area contributed by atoms with Crippen LogP contribution in [0, 0.1) is 5.82 Å². The zero-order valence-corrected chi connectivity index (χ0v) is 19.3. The van der Waals surface area contributed by atoms with E-state index in [4.69, 9.17) is 9.47 Å². The minimum absolute atomic E-state index is 0.341. The van der Waals surface area contributed by atoms with Crippen LogP contribution in [0.1, 0.15) is 25.5 Å². The Morgan fingerprint density at radius 3 is 2.49 bits per heavy atom. The third kappa shape index (κ3) is 5.40. The number of aromatic nitrogens is 2. The molecule has 4 aromatic rings. The van der Waals surface area contributed by atoms with Gasteiger partial charge in [-0.25, -0.2) is 9.07 Å². The summed E-state index contributed by atoms with van der Waals surface area (Å²) in [5.41, 5.74) is 2.11. The normalized spacial score (nSPS) is 13.3. The van der Waals surface area contributed by atoms with Crippen LogP contribution in [0.25, 0.3) is 16.6 Å². The second-order valence-electron chi connectivity index (χ2n) is 8.22. The molecule has 0 saturated carbocycles. The van der Waals surface area contributed by atoms with E-state index in [0.29, 0.717) is 29.7 Å². The summed E-state index contributed by atoms with van der Waals surface area (Å²) in [6, 6.07) is 17.4. The predicted octanol–water partition coefficient (Wildman–Crippen LogP) is 5.45. The van der Waals surface area contributed by atoms with Crippen LogP contribution < -0.4 is 14.8 Å². The summed E-state index contributed by atoms with van der Waals surface area (Å²) >= 11 is 0. The van der Waals surface area contributed by atoms with Crippen LogP contribution in [0.2, 0.25) is 0 Å². The molecule has 0 spiro atoms. The van der Waals surface area contributed by atoms with Gasteiger partial charge in [-0.3, -0.25) is 4.79 Å². The number of carbonyl (C=O) groups is 1. The Labute approximate surface area is 200 Å². The molecule has 6 nitrogen and oxygen atoms in total. The summed E-state index contributed by atoms with van der Waals surface area (Å²) in [6.45, 7) is 2.14. The Balaban J connectivity index is 1.65. The van der Waals surface area contributed by atoms with Gasteiger partial charge in [0.1, 0.15) is 23.4 Å². The molecule has 3 aromatic carbocycles. The predicted molar refractivity (Wildman–Crippen MR) is 126 cm³/mol. The Hall–Kier alpha value is -4.01. The number of hydrogen-bond donors (Lipinski definition) is 1. The van der Waals surface area contributed by atoms with Crippen molar-refractivity contribution >= 4 is 16.8 Å². The van der Waals surface area contributed by atoms with Crippen LogP contribution in [0.15, 0.2) is 72.9 Å². The molecule has 2 atom stereocenters. The first kappa shape index (κ1) is 24.1. The monoisotopic (exact) mass is 483 g/mol. The third-order valence-corrected chi connectivity index (χ3v) is 5.51. The van der Waals surface area contributed by atoms with Gasteiger partial charge in [-0.2, -0.15) is 13.9 Å². The summed E-state index contributed by atoms with van der Waals surface area (Å²) in [7, 11) is 1.52. The van der Waals surface area contributed by atoms with E-state index in [9.17, 15) is 18.0 Å². The van der Waals surface area contributed by atoms with Gasteiger partial charge in [-0.1, -0.05) is 12.1 Å². The highest BCUT2D eigenvalue weighted by Gasteiger charge is 2.35. The minimum atomic E-state index is -3.53. The van der Waals surface area contributed by atoms with Crippen molar-refractivity contribution in [2.24, 2.45) is 0 Å². The SMILES string of the molecule is COc1cccc([C@H](Oc2ccc3c(cnn3-c3ccc(F)cc3)c2)[C@H](C)NC(=O)C(C)(F)F)c1. The summed E-state index contributed by atoms with van der Waals surface area (Å²) < 4.78 is 53.5. The standard InChI is InChI=1S/C26H24F3N3O3/c1-16(31-25(33)26(2,28)29)24(17-5-4-6-21(13-17)34-3)35-22-11-12-23-18(14-22)15-30-32(23)20-9-7-19(27)8-10-20/h4-16,24H,1-3H3,(H,31,33)/t16-,24+/m0/s1. The molecule has 1 N–H and O–H groups in total. The summed E-state index contributed by atoms with van der Waals surface area (Å²) in [5.74, 6) is -4.25. The molecule has 0 saturated heterocycles. The lowest BCUT2D eigenvalue weighted by Gasteiger charge is -2.27. The van der Waals surface area contributed by atoms with Crippen molar-refractivity contribution in [2.45, 2.75) is 31.9 Å². The molecule has 182 valence electrons. The number of rotatable bonds is 8. The quantitative estimate of drug-likeness (QED) is 0.362. The lowest BCUT2D eigenvalue weighted by molar-refractivity contribution is -0.144. The van der Waals surface area contributed by atoms with Crippen LogP contribution in [0.3, 0.4) is 0 Å². The van der Waals surface area contributed by atoms with E-state index >= 15 is 0 Å². The van der Waals surface area contributed by atoms with Crippen LogP contribution in [-0.4, -0.2) is 34.8 Å². The average molecular weight is 483 g/mol. The van der Waals surface area contributed by atoms with Gasteiger partial charge in [0.05, 0.1) is 30.6 Å². The summed E-state index contributed by atoms with van der Waals surface area (Å²) in [6.07, 6.45) is 0.857. The smallest absolute Gasteiger partial charge is 0.321 e. The van der Waals surface area contributed by atoms with Crippen molar-refractivity contribution in [1.82, 2.24) is 15.1 Å². The van der Waals surface area contributed by atoms with Crippen molar-refractivity contribution in [2.75, 3.05) is 7.11 Å². The summed E-state index contributed by atoms with van der Waals surface area (Å²) in [5, 5.41) is 7.48. The van der Waals surface area contributed by atoms with E-state index in [1.165, 1.54) is 19.2 Å². The molecule has 1 amide bonds. The highest BCUT2D eigenvalue weighted by Crippen LogP contribution is 2.30. The number of amides is 1. The maximum atomic E-state index is 13.5. The molecule has 0 bridgehead atoms. The molecular weight excluding hydrogens is 459 g/mol. The number of fused-ring (bicyclic) bond motifs is 1. The molecule has 0 aliphatic heterocycles. The Kier molecular flexibility index (Phi) is 6.68. The van der Waals surface area contributed by atoms with Gasteiger partial charge in [0, 0.05) is 12.3 Å². The minimum Gasteiger partial charge on any atom is -0.497 e. The molecule has 1 heterocycles. The van der Waals surface area contributed by atoms with Gasteiger partial charge in [0.15, 0.2) is 0 Å².